The predicted octanol–water partition coefficient (Wildman–Crippen LogP) is 4.74. The van der Waals surface area contributed by atoms with Gasteiger partial charge in [-0.05, 0) is 60.9 Å². The van der Waals surface area contributed by atoms with Crippen LogP contribution in [0.25, 0.3) is 5.76 Å². The minimum atomic E-state index is -0.778. The molecular formula is C29H29NO6. The summed E-state index contributed by atoms with van der Waals surface area (Å²) < 4.78 is 11.0. The maximum atomic E-state index is 13.1. The van der Waals surface area contributed by atoms with Crippen LogP contribution in [0.4, 0.5) is 0 Å². The van der Waals surface area contributed by atoms with Crippen LogP contribution in [0, 0.1) is 6.92 Å². The summed E-state index contributed by atoms with van der Waals surface area (Å²) in [6.07, 6.45) is 0.533. The van der Waals surface area contributed by atoms with E-state index in [1.54, 1.807) is 43.5 Å². The second-order valence-corrected chi connectivity index (χ2v) is 8.73. The first-order valence-electron chi connectivity index (χ1n) is 11.7. The molecule has 1 fully saturated rings. The zero-order valence-electron chi connectivity index (χ0n) is 20.3. The van der Waals surface area contributed by atoms with Crippen LogP contribution >= 0.6 is 0 Å². The fourth-order valence-corrected chi connectivity index (χ4v) is 4.33. The number of ether oxygens (including phenoxy) is 2. The number of hydrogen-bond acceptors (Lipinski definition) is 6. The number of likely N-dealkylation sites (tertiary alicyclic amines) is 1. The number of phenols is 1. The third-order valence-electron chi connectivity index (χ3n) is 6.11. The van der Waals surface area contributed by atoms with Gasteiger partial charge in [-0.2, -0.15) is 0 Å². The van der Waals surface area contributed by atoms with Gasteiger partial charge in [0.15, 0.2) is 0 Å². The quantitative estimate of drug-likeness (QED) is 0.196. The lowest BCUT2D eigenvalue weighted by atomic mass is 9.95. The fourth-order valence-electron chi connectivity index (χ4n) is 4.33. The van der Waals surface area contributed by atoms with Crippen molar-refractivity contribution in [1.82, 2.24) is 4.90 Å². The first-order valence-corrected chi connectivity index (χ1v) is 11.7. The molecule has 1 amide bonds. The molecule has 0 radical (unpaired) electrons. The van der Waals surface area contributed by atoms with Crippen molar-refractivity contribution >= 4 is 17.4 Å². The second kappa shape index (κ2) is 11.1. The zero-order valence-corrected chi connectivity index (χ0v) is 20.3. The van der Waals surface area contributed by atoms with Crippen molar-refractivity contribution in [2.24, 2.45) is 0 Å². The minimum absolute atomic E-state index is 0.0107. The number of aliphatic hydroxyl groups excluding tert-OH is 1. The van der Waals surface area contributed by atoms with Crippen molar-refractivity contribution in [3.63, 3.8) is 0 Å². The number of nitrogens with zero attached hydrogens (tertiary/aromatic N) is 1. The lowest BCUT2D eigenvalue weighted by molar-refractivity contribution is -0.140. The summed E-state index contributed by atoms with van der Waals surface area (Å²) in [6, 6.07) is 20.3. The molecule has 1 aliphatic heterocycles. The number of Topliss-reactive ketones (excluding diaryl/α,β-unsaturated/α-hetero) is 1. The number of carbonyl (C=O) groups is 2. The number of hydrogen-bond donors (Lipinski definition) is 2. The number of amides is 1. The highest BCUT2D eigenvalue weighted by atomic mass is 16.5. The highest BCUT2D eigenvalue weighted by Gasteiger charge is 2.45. The van der Waals surface area contributed by atoms with E-state index in [2.05, 4.69) is 6.07 Å². The van der Waals surface area contributed by atoms with Crippen LogP contribution in [0.1, 0.15) is 34.7 Å². The van der Waals surface area contributed by atoms with Crippen molar-refractivity contribution in [3.05, 3.63) is 101 Å². The summed E-state index contributed by atoms with van der Waals surface area (Å²) >= 11 is 0. The number of aliphatic hydroxyl groups is 1. The normalized spacial score (nSPS) is 16.9. The highest BCUT2D eigenvalue weighted by Crippen LogP contribution is 2.40. The van der Waals surface area contributed by atoms with E-state index in [0.717, 1.165) is 11.1 Å². The Morgan fingerprint density at radius 1 is 1.00 bits per heavy atom. The van der Waals surface area contributed by atoms with Gasteiger partial charge in [0.1, 0.15) is 23.9 Å². The van der Waals surface area contributed by atoms with Crippen LogP contribution in [0.5, 0.6) is 11.5 Å². The molecule has 1 saturated heterocycles. The van der Waals surface area contributed by atoms with E-state index >= 15 is 0 Å². The van der Waals surface area contributed by atoms with Gasteiger partial charge < -0.3 is 24.6 Å². The van der Waals surface area contributed by atoms with Gasteiger partial charge in [0.05, 0.1) is 11.6 Å². The van der Waals surface area contributed by atoms with Crippen molar-refractivity contribution in [2.45, 2.75) is 26.0 Å². The molecule has 7 nitrogen and oxygen atoms in total. The Morgan fingerprint density at radius 3 is 2.39 bits per heavy atom. The molecule has 2 N–H and O–H groups in total. The molecule has 1 unspecified atom stereocenters. The Hall–Kier alpha value is -4.10. The molecule has 0 aromatic heterocycles. The van der Waals surface area contributed by atoms with E-state index in [-0.39, 0.29) is 23.6 Å². The molecule has 3 aromatic carbocycles. The zero-order chi connectivity index (χ0) is 25.7. The Kier molecular flexibility index (Phi) is 7.71. The van der Waals surface area contributed by atoms with Crippen molar-refractivity contribution in [2.75, 3.05) is 20.3 Å². The molecule has 7 heteroatoms. The van der Waals surface area contributed by atoms with E-state index < -0.39 is 17.7 Å². The third-order valence-corrected chi connectivity index (χ3v) is 6.11. The monoisotopic (exact) mass is 487 g/mol. The number of aryl methyl sites for hydroxylation is 1. The smallest absolute Gasteiger partial charge is 0.295 e. The topological polar surface area (TPSA) is 96.3 Å². The van der Waals surface area contributed by atoms with Crippen molar-refractivity contribution < 1.29 is 29.3 Å². The Morgan fingerprint density at radius 2 is 1.72 bits per heavy atom. The van der Waals surface area contributed by atoms with Crippen LogP contribution in [0.2, 0.25) is 0 Å². The van der Waals surface area contributed by atoms with Gasteiger partial charge >= 0.3 is 0 Å². The van der Waals surface area contributed by atoms with Crippen LogP contribution in [-0.4, -0.2) is 47.1 Å². The van der Waals surface area contributed by atoms with Crippen LogP contribution in [0.3, 0.4) is 0 Å². The number of methoxy groups -OCH3 is 1. The third kappa shape index (κ3) is 5.42. The van der Waals surface area contributed by atoms with Crippen LogP contribution in [0.15, 0.2) is 78.4 Å². The average molecular weight is 488 g/mol. The fraction of sp³-hybridized carbons (Fsp3) is 0.241. The number of benzene rings is 3. The maximum Gasteiger partial charge on any atom is 0.295 e. The maximum absolute atomic E-state index is 13.1. The predicted molar refractivity (Wildman–Crippen MR) is 136 cm³/mol. The Labute approximate surface area is 210 Å². The Balaban J connectivity index is 1.62. The van der Waals surface area contributed by atoms with Crippen LogP contribution < -0.4 is 4.74 Å². The van der Waals surface area contributed by atoms with Gasteiger partial charge in [0, 0.05) is 25.8 Å². The number of carbonyl (C=O) groups excluding carboxylic acids is 2. The molecule has 1 atom stereocenters. The summed E-state index contributed by atoms with van der Waals surface area (Å²) in [5.74, 6) is -1.00. The van der Waals surface area contributed by atoms with Crippen LogP contribution in [-0.2, 0) is 20.9 Å². The van der Waals surface area contributed by atoms with Gasteiger partial charge in [-0.15, -0.1) is 0 Å². The molecule has 3 aromatic rings. The molecule has 1 heterocycles. The highest BCUT2D eigenvalue weighted by molar-refractivity contribution is 6.46. The summed E-state index contributed by atoms with van der Waals surface area (Å²) in [4.78, 5) is 27.4. The number of rotatable bonds is 9. The van der Waals surface area contributed by atoms with E-state index in [0.29, 0.717) is 36.5 Å². The lowest BCUT2D eigenvalue weighted by Crippen LogP contribution is -2.31. The van der Waals surface area contributed by atoms with Gasteiger partial charge in [-0.25, -0.2) is 0 Å². The van der Waals surface area contributed by atoms with E-state index in [1.165, 1.54) is 17.0 Å². The molecule has 0 saturated carbocycles. The van der Waals surface area contributed by atoms with Gasteiger partial charge in [-0.3, -0.25) is 9.59 Å². The van der Waals surface area contributed by atoms with E-state index in [4.69, 9.17) is 9.47 Å². The van der Waals surface area contributed by atoms with Gasteiger partial charge in [0.25, 0.3) is 11.7 Å². The molecule has 4 rings (SSSR count). The molecular weight excluding hydrogens is 458 g/mol. The Bertz CT molecular complexity index is 1260. The SMILES string of the molecule is COCCCN1C(=O)C(=O)/C(=C(\O)c2ccc(OCc3cccc(C)c3)cc2)C1c1ccc(O)cc1. The molecule has 36 heavy (non-hydrogen) atoms. The minimum Gasteiger partial charge on any atom is -0.508 e. The van der Waals surface area contributed by atoms with Gasteiger partial charge in [-0.1, -0.05) is 42.0 Å². The first kappa shape index (κ1) is 25.0. The van der Waals surface area contributed by atoms with Crippen molar-refractivity contribution in [1.29, 1.82) is 0 Å². The van der Waals surface area contributed by atoms with Crippen molar-refractivity contribution in [3.8, 4) is 11.5 Å². The van der Waals surface area contributed by atoms with E-state index in [9.17, 15) is 19.8 Å². The summed E-state index contributed by atoms with van der Waals surface area (Å²) in [5.41, 5.74) is 3.22. The summed E-state index contributed by atoms with van der Waals surface area (Å²) in [5, 5.41) is 20.9. The van der Waals surface area contributed by atoms with E-state index in [1.807, 2.05) is 25.1 Å². The first-order chi connectivity index (χ1) is 17.4. The molecule has 0 bridgehead atoms. The number of ketones is 1. The second-order valence-electron chi connectivity index (χ2n) is 8.73. The summed E-state index contributed by atoms with van der Waals surface area (Å²) in [6.45, 7) is 3.13. The molecule has 1 aliphatic rings. The standard InChI is InChI=1S/C29H29NO6/c1-19-5-3-6-20(17-19)18-36-24-13-9-22(10-14-24)27(32)25-26(21-7-11-23(31)12-8-21)30(15-4-16-35-2)29(34)28(25)33/h3,5-14,17,26,31-32H,4,15-16,18H2,1-2H3/b27-25-. The molecule has 0 aliphatic carbocycles. The largest absolute Gasteiger partial charge is 0.508 e. The number of aromatic hydroxyl groups is 1. The average Bonchev–Trinajstić information content (AvgIpc) is 3.13. The number of phenolic OH excluding ortho intramolecular Hbond substituents is 1. The molecule has 186 valence electrons. The molecule has 0 spiro atoms. The lowest BCUT2D eigenvalue weighted by Gasteiger charge is -2.25. The van der Waals surface area contributed by atoms with Gasteiger partial charge in [0.2, 0.25) is 0 Å². The summed E-state index contributed by atoms with van der Waals surface area (Å²) in [7, 11) is 1.57.